The standard InChI is InChI=1S/C16H25FN2/c1-11(2)10-19(14-6-7-14)16-8-5-13(17)9-15(16)12(3)18-4/h5,8-9,11-12,14,18H,6-7,10H2,1-4H3. The summed E-state index contributed by atoms with van der Waals surface area (Å²) in [5, 5.41) is 3.22. The van der Waals surface area contributed by atoms with Crippen LogP contribution >= 0.6 is 0 Å². The second kappa shape index (κ2) is 5.91. The van der Waals surface area contributed by atoms with Crippen LogP contribution < -0.4 is 10.2 Å². The molecule has 0 amide bonds. The number of hydrogen-bond acceptors (Lipinski definition) is 2. The predicted molar refractivity (Wildman–Crippen MR) is 79.1 cm³/mol. The van der Waals surface area contributed by atoms with E-state index in [1.807, 2.05) is 13.1 Å². The van der Waals surface area contributed by atoms with Gasteiger partial charge in [0.15, 0.2) is 0 Å². The molecular weight excluding hydrogens is 239 g/mol. The molecule has 19 heavy (non-hydrogen) atoms. The van der Waals surface area contributed by atoms with Crippen molar-refractivity contribution in [3.8, 4) is 0 Å². The van der Waals surface area contributed by atoms with Crippen LogP contribution in [0.25, 0.3) is 0 Å². The summed E-state index contributed by atoms with van der Waals surface area (Å²) in [4.78, 5) is 2.47. The molecule has 1 fully saturated rings. The van der Waals surface area contributed by atoms with Crippen LogP contribution in [0.2, 0.25) is 0 Å². The molecule has 0 aliphatic heterocycles. The second-order valence-corrected chi connectivity index (χ2v) is 5.99. The number of nitrogens with zero attached hydrogens (tertiary/aromatic N) is 1. The van der Waals surface area contributed by atoms with Crippen molar-refractivity contribution in [2.75, 3.05) is 18.5 Å². The number of halogens is 1. The first kappa shape index (κ1) is 14.3. The molecule has 0 bridgehead atoms. The van der Waals surface area contributed by atoms with Crippen LogP contribution in [0.5, 0.6) is 0 Å². The maximum absolute atomic E-state index is 13.5. The fourth-order valence-electron chi connectivity index (χ4n) is 2.51. The molecule has 1 aromatic carbocycles. The highest BCUT2D eigenvalue weighted by Crippen LogP contribution is 2.36. The smallest absolute Gasteiger partial charge is 0.123 e. The number of benzene rings is 1. The van der Waals surface area contributed by atoms with Crippen LogP contribution in [0, 0.1) is 11.7 Å². The van der Waals surface area contributed by atoms with Gasteiger partial charge in [-0.05, 0) is 56.5 Å². The van der Waals surface area contributed by atoms with E-state index in [1.54, 1.807) is 12.1 Å². The van der Waals surface area contributed by atoms with E-state index in [2.05, 4.69) is 31.0 Å². The average Bonchev–Trinajstić information content (AvgIpc) is 3.19. The Bertz CT molecular complexity index is 427. The van der Waals surface area contributed by atoms with Gasteiger partial charge in [0.25, 0.3) is 0 Å². The van der Waals surface area contributed by atoms with Gasteiger partial charge >= 0.3 is 0 Å². The summed E-state index contributed by atoms with van der Waals surface area (Å²) in [6, 6.07) is 6.01. The molecule has 106 valence electrons. The SMILES string of the molecule is CNC(C)c1cc(F)ccc1N(CC(C)C)C1CC1. The molecule has 3 heteroatoms. The molecule has 0 saturated heterocycles. The zero-order valence-electron chi connectivity index (χ0n) is 12.4. The summed E-state index contributed by atoms with van der Waals surface area (Å²) in [6.45, 7) is 7.60. The monoisotopic (exact) mass is 264 g/mol. The number of anilines is 1. The highest BCUT2D eigenvalue weighted by molar-refractivity contribution is 5.57. The van der Waals surface area contributed by atoms with Crippen molar-refractivity contribution < 1.29 is 4.39 Å². The largest absolute Gasteiger partial charge is 0.368 e. The van der Waals surface area contributed by atoms with Crippen molar-refractivity contribution in [1.29, 1.82) is 0 Å². The van der Waals surface area contributed by atoms with E-state index < -0.39 is 0 Å². The van der Waals surface area contributed by atoms with E-state index in [9.17, 15) is 4.39 Å². The average molecular weight is 264 g/mol. The fraction of sp³-hybridized carbons (Fsp3) is 0.625. The van der Waals surface area contributed by atoms with Crippen molar-refractivity contribution in [2.24, 2.45) is 5.92 Å². The van der Waals surface area contributed by atoms with Gasteiger partial charge in [0.05, 0.1) is 0 Å². The summed E-state index contributed by atoms with van der Waals surface area (Å²) in [7, 11) is 1.92. The minimum Gasteiger partial charge on any atom is -0.368 e. The molecule has 2 nitrogen and oxygen atoms in total. The Balaban J connectivity index is 2.34. The van der Waals surface area contributed by atoms with Crippen LogP contribution in [0.15, 0.2) is 18.2 Å². The van der Waals surface area contributed by atoms with Crippen LogP contribution in [0.3, 0.4) is 0 Å². The number of hydrogen-bond donors (Lipinski definition) is 1. The van der Waals surface area contributed by atoms with E-state index in [-0.39, 0.29) is 11.9 Å². The van der Waals surface area contributed by atoms with Gasteiger partial charge in [-0.25, -0.2) is 4.39 Å². The van der Waals surface area contributed by atoms with Crippen molar-refractivity contribution in [2.45, 2.75) is 45.7 Å². The van der Waals surface area contributed by atoms with Gasteiger partial charge in [-0.1, -0.05) is 13.8 Å². The van der Waals surface area contributed by atoms with Crippen LogP contribution in [0.1, 0.15) is 45.2 Å². The lowest BCUT2D eigenvalue weighted by Crippen LogP contribution is -2.31. The Morgan fingerprint density at radius 1 is 1.32 bits per heavy atom. The minimum absolute atomic E-state index is 0.152. The molecule has 0 aromatic heterocycles. The van der Waals surface area contributed by atoms with E-state index in [1.165, 1.54) is 18.5 Å². The second-order valence-electron chi connectivity index (χ2n) is 5.99. The van der Waals surface area contributed by atoms with E-state index in [0.29, 0.717) is 12.0 Å². The highest BCUT2D eigenvalue weighted by Gasteiger charge is 2.31. The molecule has 1 aliphatic rings. The first-order valence-electron chi connectivity index (χ1n) is 7.26. The molecule has 1 N–H and O–H groups in total. The Hall–Kier alpha value is -1.09. The molecule has 0 spiro atoms. The summed E-state index contributed by atoms with van der Waals surface area (Å²) < 4.78 is 13.5. The Morgan fingerprint density at radius 2 is 2.00 bits per heavy atom. The quantitative estimate of drug-likeness (QED) is 0.842. The topological polar surface area (TPSA) is 15.3 Å². The summed E-state index contributed by atoms with van der Waals surface area (Å²) in [5.41, 5.74) is 2.26. The first-order chi connectivity index (χ1) is 9.02. The van der Waals surface area contributed by atoms with E-state index in [0.717, 1.165) is 12.1 Å². The van der Waals surface area contributed by atoms with Crippen LogP contribution in [-0.4, -0.2) is 19.6 Å². The van der Waals surface area contributed by atoms with Crippen LogP contribution in [0.4, 0.5) is 10.1 Å². The minimum atomic E-state index is -0.152. The normalized spacial score (nSPS) is 16.7. The Kier molecular flexibility index (Phi) is 4.46. The Morgan fingerprint density at radius 3 is 2.53 bits per heavy atom. The fourth-order valence-corrected chi connectivity index (χ4v) is 2.51. The predicted octanol–water partition coefficient (Wildman–Crippen LogP) is 3.73. The lowest BCUT2D eigenvalue weighted by molar-refractivity contribution is 0.586. The molecule has 0 radical (unpaired) electrons. The molecule has 1 aromatic rings. The number of rotatable bonds is 6. The molecule has 0 heterocycles. The zero-order valence-corrected chi connectivity index (χ0v) is 12.4. The molecule has 1 unspecified atom stereocenters. The van der Waals surface area contributed by atoms with Crippen molar-refractivity contribution >= 4 is 5.69 Å². The Labute approximate surface area is 116 Å². The van der Waals surface area contributed by atoms with Gasteiger partial charge in [0, 0.05) is 24.3 Å². The molecule has 1 atom stereocenters. The van der Waals surface area contributed by atoms with Gasteiger partial charge in [-0.3, -0.25) is 0 Å². The van der Waals surface area contributed by atoms with Gasteiger partial charge < -0.3 is 10.2 Å². The van der Waals surface area contributed by atoms with Crippen LogP contribution in [-0.2, 0) is 0 Å². The summed E-state index contributed by atoms with van der Waals surface area (Å²) in [5.74, 6) is 0.463. The van der Waals surface area contributed by atoms with Gasteiger partial charge in [-0.2, -0.15) is 0 Å². The van der Waals surface area contributed by atoms with Gasteiger partial charge in [0.1, 0.15) is 5.82 Å². The van der Waals surface area contributed by atoms with Crippen molar-refractivity contribution in [3.05, 3.63) is 29.6 Å². The highest BCUT2D eigenvalue weighted by atomic mass is 19.1. The maximum Gasteiger partial charge on any atom is 0.123 e. The summed E-state index contributed by atoms with van der Waals surface area (Å²) >= 11 is 0. The molecule has 1 saturated carbocycles. The third-order valence-corrected chi connectivity index (χ3v) is 3.75. The van der Waals surface area contributed by atoms with Gasteiger partial charge in [-0.15, -0.1) is 0 Å². The van der Waals surface area contributed by atoms with E-state index >= 15 is 0 Å². The maximum atomic E-state index is 13.5. The molecule has 2 rings (SSSR count). The first-order valence-corrected chi connectivity index (χ1v) is 7.26. The molecular formula is C16H25FN2. The third-order valence-electron chi connectivity index (χ3n) is 3.75. The van der Waals surface area contributed by atoms with Crippen molar-refractivity contribution in [1.82, 2.24) is 5.32 Å². The van der Waals surface area contributed by atoms with E-state index in [4.69, 9.17) is 0 Å². The molecule has 1 aliphatic carbocycles. The third kappa shape index (κ3) is 3.47. The van der Waals surface area contributed by atoms with Crippen molar-refractivity contribution in [3.63, 3.8) is 0 Å². The lowest BCUT2D eigenvalue weighted by atomic mass is 10.0. The lowest BCUT2D eigenvalue weighted by Gasteiger charge is -2.30. The summed E-state index contributed by atoms with van der Waals surface area (Å²) in [6.07, 6.45) is 2.52. The number of nitrogens with one attached hydrogen (secondary N) is 1. The van der Waals surface area contributed by atoms with Gasteiger partial charge in [0.2, 0.25) is 0 Å². The zero-order chi connectivity index (χ0) is 14.0.